The Morgan fingerprint density at radius 1 is 0.793 bits per heavy atom. The van der Waals surface area contributed by atoms with Crippen LogP contribution < -0.4 is 18.9 Å². The highest BCUT2D eigenvalue weighted by molar-refractivity contribution is 7.42. The third kappa shape index (κ3) is 19.6. The van der Waals surface area contributed by atoms with E-state index in [9.17, 15) is 0 Å². The summed E-state index contributed by atoms with van der Waals surface area (Å²) in [7, 11) is -1.02. The SMILES string of the molecule is CCCCCCn1cc[n+](C)c1.CCCCCCn1cc[n+](C)c1.O=P([O-])([O-])O. The lowest BCUT2D eigenvalue weighted by Crippen LogP contribution is -2.23. The molecule has 0 aromatic carbocycles. The van der Waals surface area contributed by atoms with Gasteiger partial charge in [0.1, 0.15) is 24.8 Å². The second-order valence-electron chi connectivity index (χ2n) is 7.22. The van der Waals surface area contributed by atoms with E-state index in [0.29, 0.717) is 0 Å². The van der Waals surface area contributed by atoms with Gasteiger partial charge in [0.2, 0.25) is 12.7 Å². The molecule has 0 saturated carbocycles. The highest BCUT2D eigenvalue weighted by Gasteiger charge is 1.99. The monoisotopic (exact) mass is 430 g/mol. The first-order valence-corrected chi connectivity index (χ1v) is 11.9. The summed E-state index contributed by atoms with van der Waals surface area (Å²) in [5.41, 5.74) is 0. The van der Waals surface area contributed by atoms with Crippen molar-refractivity contribution in [2.45, 2.75) is 78.3 Å². The minimum atomic E-state index is -5.14. The van der Waals surface area contributed by atoms with Gasteiger partial charge in [-0.2, -0.15) is 0 Å². The number of aryl methyl sites for hydroxylation is 4. The predicted molar refractivity (Wildman–Crippen MR) is 109 cm³/mol. The molecule has 29 heavy (non-hydrogen) atoms. The van der Waals surface area contributed by atoms with Crippen molar-refractivity contribution in [3.05, 3.63) is 37.4 Å². The van der Waals surface area contributed by atoms with E-state index >= 15 is 0 Å². The lowest BCUT2D eigenvalue weighted by atomic mass is 10.2. The normalized spacial score (nSPS) is 10.7. The Kier molecular flexibility index (Phi) is 15.5. The Morgan fingerprint density at radius 2 is 1.14 bits per heavy atom. The summed E-state index contributed by atoms with van der Waals surface area (Å²) in [6.07, 6.45) is 23.4. The van der Waals surface area contributed by atoms with Gasteiger partial charge in [0.25, 0.3) is 0 Å². The fourth-order valence-electron chi connectivity index (χ4n) is 2.71. The Hall–Kier alpha value is -1.47. The fraction of sp³-hybridized carbons (Fsp3) is 0.700. The van der Waals surface area contributed by atoms with Gasteiger partial charge >= 0.3 is 0 Å². The molecule has 2 aromatic rings. The summed E-state index contributed by atoms with van der Waals surface area (Å²) < 4.78 is 17.3. The quantitative estimate of drug-likeness (QED) is 0.351. The molecule has 168 valence electrons. The van der Waals surface area contributed by atoms with E-state index in [1.165, 1.54) is 64.5 Å². The second-order valence-corrected chi connectivity index (χ2v) is 8.16. The van der Waals surface area contributed by atoms with Crippen LogP contribution in [0.15, 0.2) is 37.4 Å². The van der Waals surface area contributed by atoms with Gasteiger partial charge in [-0.3, -0.25) is 0 Å². The van der Waals surface area contributed by atoms with Gasteiger partial charge in [0.15, 0.2) is 0 Å². The third-order valence-electron chi connectivity index (χ3n) is 4.19. The van der Waals surface area contributed by atoms with Crippen LogP contribution in [0.25, 0.3) is 0 Å². The maximum Gasteiger partial charge on any atom is 0.243 e. The molecule has 8 nitrogen and oxygen atoms in total. The summed E-state index contributed by atoms with van der Waals surface area (Å²) in [6, 6.07) is 0. The third-order valence-corrected chi connectivity index (χ3v) is 4.19. The highest BCUT2D eigenvalue weighted by atomic mass is 31.2. The first-order valence-electron chi connectivity index (χ1n) is 10.4. The fourth-order valence-corrected chi connectivity index (χ4v) is 2.71. The number of phosphoric acid groups is 1. The number of hydrogen-bond acceptors (Lipinski definition) is 3. The average Bonchev–Trinajstić information content (AvgIpc) is 3.23. The van der Waals surface area contributed by atoms with Crippen molar-refractivity contribution in [3.63, 3.8) is 0 Å². The molecule has 0 aliphatic heterocycles. The van der Waals surface area contributed by atoms with Gasteiger partial charge in [-0.25, -0.2) is 18.3 Å². The molecule has 0 bridgehead atoms. The largest absolute Gasteiger partial charge is 0.790 e. The number of rotatable bonds is 10. The number of aromatic nitrogens is 4. The van der Waals surface area contributed by atoms with E-state index in [2.05, 4.69) is 83.7 Å². The minimum absolute atomic E-state index is 1.17. The zero-order valence-corrected chi connectivity index (χ0v) is 19.3. The number of imidazole rings is 2. The molecule has 0 radical (unpaired) electrons. The van der Waals surface area contributed by atoms with Crippen LogP contribution in [0, 0.1) is 0 Å². The van der Waals surface area contributed by atoms with Gasteiger partial charge in [-0.1, -0.05) is 39.5 Å². The van der Waals surface area contributed by atoms with Crippen LogP contribution in [-0.2, 0) is 31.7 Å². The van der Waals surface area contributed by atoms with Gasteiger partial charge in [0.05, 0.1) is 35.0 Å². The molecular weight excluding hydrogens is 391 g/mol. The van der Waals surface area contributed by atoms with Crippen LogP contribution in [0.2, 0.25) is 0 Å². The Labute approximate surface area is 175 Å². The van der Waals surface area contributed by atoms with Crippen LogP contribution in [0.1, 0.15) is 65.2 Å². The standard InChI is InChI=1S/2C10H19N2.H3O4P/c2*1-3-4-5-6-7-12-9-8-11(2)10-12;1-5(2,3)4/h2*8-10H,3-7H2,1-2H3;(H3,1,2,3,4)/q2*+1;/p-2. The van der Waals surface area contributed by atoms with E-state index in [1.807, 2.05) is 0 Å². The van der Waals surface area contributed by atoms with Crippen molar-refractivity contribution in [3.8, 4) is 0 Å². The summed E-state index contributed by atoms with van der Waals surface area (Å²) in [6.45, 7) is 6.83. The minimum Gasteiger partial charge on any atom is -0.790 e. The van der Waals surface area contributed by atoms with Crippen molar-refractivity contribution in [2.24, 2.45) is 14.1 Å². The molecule has 0 aliphatic carbocycles. The molecule has 0 aliphatic rings. The predicted octanol–water partition coefficient (Wildman–Crippen LogP) is 1.59. The number of nitrogens with zero attached hydrogens (tertiary/aromatic N) is 4. The van der Waals surface area contributed by atoms with Crippen LogP contribution in [0.5, 0.6) is 0 Å². The zero-order valence-electron chi connectivity index (χ0n) is 18.4. The zero-order chi connectivity index (χ0) is 22.1. The summed E-state index contributed by atoms with van der Waals surface area (Å²) >= 11 is 0. The van der Waals surface area contributed by atoms with Crippen molar-refractivity contribution in [1.29, 1.82) is 0 Å². The van der Waals surface area contributed by atoms with Crippen molar-refractivity contribution in [1.82, 2.24) is 9.13 Å². The van der Waals surface area contributed by atoms with Gasteiger partial charge in [-0.15, -0.1) is 0 Å². The maximum absolute atomic E-state index is 8.66. The lowest BCUT2D eigenvalue weighted by molar-refractivity contribution is -0.671. The molecule has 0 spiro atoms. The van der Waals surface area contributed by atoms with Crippen molar-refractivity contribution in [2.75, 3.05) is 0 Å². The Morgan fingerprint density at radius 3 is 1.38 bits per heavy atom. The van der Waals surface area contributed by atoms with Crippen LogP contribution in [0.4, 0.5) is 0 Å². The molecule has 2 heterocycles. The van der Waals surface area contributed by atoms with E-state index < -0.39 is 7.82 Å². The van der Waals surface area contributed by atoms with Crippen molar-refractivity contribution < 1.29 is 28.4 Å². The van der Waals surface area contributed by atoms with E-state index in [-0.39, 0.29) is 0 Å². The van der Waals surface area contributed by atoms with E-state index in [4.69, 9.17) is 19.2 Å². The molecular formula is C20H39N4O4P. The molecule has 2 aromatic heterocycles. The topological polar surface area (TPSA) is 101 Å². The molecule has 2 rings (SSSR count). The van der Waals surface area contributed by atoms with Crippen LogP contribution in [0.3, 0.4) is 0 Å². The molecule has 0 unspecified atom stereocenters. The smallest absolute Gasteiger partial charge is 0.243 e. The molecule has 0 atom stereocenters. The van der Waals surface area contributed by atoms with Crippen molar-refractivity contribution >= 4 is 7.82 Å². The Balaban J connectivity index is 0.000000442. The summed E-state index contributed by atoms with van der Waals surface area (Å²) in [5, 5.41) is 0. The van der Waals surface area contributed by atoms with Crippen LogP contribution in [-0.4, -0.2) is 14.0 Å². The van der Waals surface area contributed by atoms with Crippen LogP contribution >= 0.6 is 7.82 Å². The second kappa shape index (κ2) is 16.3. The van der Waals surface area contributed by atoms with E-state index in [1.54, 1.807) is 0 Å². The first-order chi connectivity index (χ1) is 13.7. The first kappa shape index (κ1) is 27.5. The maximum atomic E-state index is 8.66. The molecule has 1 N–H and O–H groups in total. The van der Waals surface area contributed by atoms with Gasteiger partial charge < -0.3 is 19.2 Å². The number of unbranched alkanes of at least 4 members (excludes halogenated alkanes) is 6. The van der Waals surface area contributed by atoms with E-state index in [0.717, 1.165) is 0 Å². The summed E-state index contributed by atoms with van der Waals surface area (Å²) in [4.78, 5) is 24.3. The molecule has 0 saturated heterocycles. The van der Waals surface area contributed by atoms with Gasteiger partial charge in [-0.05, 0) is 25.7 Å². The molecule has 0 amide bonds. The lowest BCUT2D eigenvalue weighted by Gasteiger charge is -2.19. The molecule has 0 fully saturated rings. The number of hydrogen-bond donors (Lipinski definition) is 1. The van der Waals surface area contributed by atoms with Gasteiger partial charge in [0, 0.05) is 0 Å². The molecule has 9 heteroatoms. The Bertz CT molecular complexity index is 625. The summed E-state index contributed by atoms with van der Waals surface area (Å²) in [5.74, 6) is 0. The average molecular weight is 431 g/mol. The highest BCUT2D eigenvalue weighted by Crippen LogP contribution is 2.11.